The fourth-order valence-corrected chi connectivity index (χ4v) is 4.44. The second-order valence-electron chi connectivity index (χ2n) is 7.96. The number of amides is 2. The number of carbonyl (C=O) groups is 3. The van der Waals surface area contributed by atoms with E-state index < -0.39 is 17.3 Å². The summed E-state index contributed by atoms with van der Waals surface area (Å²) in [6.45, 7) is 3.74. The minimum atomic E-state index is -0.989. The smallest absolute Gasteiger partial charge is 0.229 e. The van der Waals surface area contributed by atoms with E-state index in [9.17, 15) is 14.4 Å². The second kappa shape index (κ2) is 7.64. The number of para-hydroxylation sites is 1. The predicted octanol–water partition coefficient (Wildman–Crippen LogP) is 1.78. The van der Waals surface area contributed by atoms with E-state index in [-0.39, 0.29) is 23.7 Å². The molecule has 2 amide bonds. The van der Waals surface area contributed by atoms with Gasteiger partial charge in [0.25, 0.3) is 0 Å². The molecule has 0 spiro atoms. The van der Waals surface area contributed by atoms with Crippen LogP contribution in [0.25, 0.3) is 0 Å². The van der Waals surface area contributed by atoms with Crippen molar-refractivity contribution in [2.75, 3.05) is 31.7 Å². The van der Waals surface area contributed by atoms with Gasteiger partial charge in [-0.1, -0.05) is 19.1 Å². The van der Waals surface area contributed by atoms with Gasteiger partial charge in [-0.15, -0.1) is 0 Å². The van der Waals surface area contributed by atoms with Gasteiger partial charge in [-0.25, -0.2) is 0 Å². The number of ether oxygens (including phenoxy) is 2. The standard InChI is InChI=1S/C21H26N2O5/c1-21-16(19(25)22-9-11-27-12-13-6-4-5-10-28-13)17(21)20(26)23-15-8-3-2-7-14(15)18(21)24/h2-3,7-8,13,16-17H,4-6,9-12H2,1H3,(H,22,25)(H,23,26)/t13-,16+,17+,21-/m1/s1. The fourth-order valence-electron chi connectivity index (χ4n) is 4.44. The number of ketones is 1. The van der Waals surface area contributed by atoms with Crippen LogP contribution >= 0.6 is 0 Å². The molecular formula is C21H26N2O5. The molecule has 1 aliphatic carbocycles. The molecular weight excluding hydrogens is 360 g/mol. The normalized spacial score (nSPS) is 31.2. The number of Topliss-reactive ketones (excluding diaryl/α,β-unsaturated/α-hetero) is 1. The highest BCUT2D eigenvalue weighted by Crippen LogP contribution is 2.62. The third-order valence-corrected chi connectivity index (χ3v) is 6.12. The molecule has 2 aliphatic heterocycles. The second-order valence-corrected chi connectivity index (χ2v) is 7.96. The van der Waals surface area contributed by atoms with E-state index in [0.29, 0.717) is 31.0 Å². The minimum Gasteiger partial charge on any atom is -0.377 e. The molecule has 7 nitrogen and oxygen atoms in total. The van der Waals surface area contributed by atoms with Crippen LogP contribution in [0.1, 0.15) is 36.5 Å². The van der Waals surface area contributed by atoms with Crippen LogP contribution in [0.3, 0.4) is 0 Å². The SMILES string of the molecule is C[C@]12C(=O)c3ccccc3NC(=O)[C@@H]1[C@H]2C(=O)NCCOC[C@H]1CCCCO1. The first-order valence-electron chi connectivity index (χ1n) is 9.95. The lowest BCUT2D eigenvalue weighted by Gasteiger charge is -2.22. The molecule has 4 rings (SSSR count). The van der Waals surface area contributed by atoms with Crippen molar-refractivity contribution in [2.24, 2.45) is 17.3 Å². The average Bonchev–Trinajstić information content (AvgIpc) is 3.36. The molecule has 1 aromatic carbocycles. The van der Waals surface area contributed by atoms with Gasteiger partial charge in [0.15, 0.2) is 5.78 Å². The van der Waals surface area contributed by atoms with Crippen LogP contribution in [-0.2, 0) is 19.1 Å². The molecule has 1 aromatic rings. The molecule has 4 atom stereocenters. The largest absolute Gasteiger partial charge is 0.377 e. The van der Waals surface area contributed by atoms with E-state index in [1.54, 1.807) is 31.2 Å². The zero-order valence-corrected chi connectivity index (χ0v) is 16.0. The van der Waals surface area contributed by atoms with Crippen molar-refractivity contribution in [3.63, 3.8) is 0 Å². The number of rotatable bonds is 6. The van der Waals surface area contributed by atoms with Crippen LogP contribution in [0.5, 0.6) is 0 Å². The summed E-state index contributed by atoms with van der Waals surface area (Å²) in [5.74, 6) is -1.98. The molecule has 150 valence electrons. The van der Waals surface area contributed by atoms with Crippen molar-refractivity contribution in [3.05, 3.63) is 29.8 Å². The van der Waals surface area contributed by atoms with Crippen LogP contribution in [0.4, 0.5) is 5.69 Å². The summed E-state index contributed by atoms with van der Waals surface area (Å²) in [5.41, 5.74) is -0.00669. The maximum Gasteiger partial charge on any atom is 0.229 e. The van der Waals surface area contributed by atoms with Crippen molar-refractivity contribution in [2.45, 2.75) is 32.3 Å². The minimum absolute atomic E-state index is 0.139. The van der Waals surface area contributed by atoms with Gasteiger partial charge in [-0.3, -0.25) is 14.4 Å². The number of hydrogen-bond donors (Lipinski definition) is 2. The van der Waals surface area contributed by atoms with E-state index in [0.717, 1.165) is 25.9 Å². The molecule has 2 N–H and O–H groups in total. The number of benzene rings is 1. The van der Waals surface area contributed by atoms with Crippen molar-refractivity contribution >= 4 is 23.3 Å². The van der Waals surface area contributed by atoms with E-state index in [4.69, 9.17) is 9.47 Å². The van der Waals surface area contributed by atoms with Crippen molar-refractivity contribution in [1.82, 2.24) is 5.32 Å². The maximum absolute atomic E-state index is 13.0. The molecule has 0 bridgehead atoms. The van der Waals surface area contributed by atoms with E-state index in [2.05, 4.69) is 10.6 Å². The third kappa shape index (κ3) is 3.33. The molecule has 2 fully saturated rings. The molecule has 0 aromatic heterocycles. The summed E-state index contributed by atoms with van der Waals surface area (Å²) in [4.78, 5) is 38.2. The third-order valence-electron chi connectivity index (χ3n) is 6.12. The lowest BCUT2D eigenvalue weighted by atomic mass is 9.92. The number of fused-ring (bicyclic) bond motifs is 2. The number of carbonyl (C=O) groups excluding carboxylic acids is 3. The van der Waals surface area contributed by atoms with Crippen molar-refractivity contribution in [1.29, 1.82) is 0 Å². The lowest BCUT2D eigenvalue weighted by Crippen LogP contribution is -2.33. The van der Waals surface area contributed by atoms with E-state index >= 15 is 0 Å². The number of nitrogens with one attached hydrogen (secondary N) is 2. The first-order valence-corrected chi connectivity index (χ1v) is 9.95. The maximum atomic E-state index is 13.0. The Morgan fingerprint density at radius 1 is 1.32 bits per heavy atom. The molecule has 3 aliphatic rings. The predicted molar refractivity (Wildman–Crippen MR) is 102 cm³/mol. The fraction of sp³-hybridized carbons (Fsp3) is 0.571. The summed E-state index contributed by atoms with van der Waals surface area (Å²) >= 11 is 0. The van der Waals surface area contributed by atoms with Crippen LogP contribution in [-0.4, -0.2) is 50.1 Å². The Hall–Kier alpha value is -2.25. The van der Waals surface area contributed by atoms with Gasteiger partial charge >= 0.3 is 0 Å². The number of anilines is 1. The highest BCUT2D eigenvalue weighted by atomic mass is 16.5. The highest BCUT2D eigenvalue weighted by Gasteiger charge is 2.73. The van der Waals surface area contributed by atoms with Gasteiger partial charge in [0.2, 0.25) is 11.8 Å². The molecule has 2 heterocycles. The first-order chi connectivity index (χ1) is 13.5. The van der Waals surface area contributed by atoms with Gasteiger partial charge < -0.3 is 20.1 Å². The topological polar surface area (TPSA) is 93.7 Å². The monoisotopic (exact) mass is 386 g/mol. The van der Waals surface area contributed by atoms with Crippen molar-refractivity contribution < 1.29 is 23.9 Å². The van der Waals surface area contributed by atoms with Crippen LogP contribution < -0.4 is 10.6 Å². The highest BCUT2D eigenvalue weighted by molar-refractivity contribution is 6.19. The molecule has 28 heavy (non-hydrogen) atoms. The summed E-state index contributed by atoms with van der Waals surface area (Å²) < 4.78 is 11.2. The Morgan fingerprint density at radius 2 is 2.14 bits per heavy atom. The lowest BCUT2D eigenvalue weighted by molar-refractivity contribution is -0.125. The summed E-state index contributed by atoms with van der Waals surface area (Å²) in [5, 5.41) is 5.60. The van der Waals surface area contributed by atoms with Crippen LogP contribution in [0.15, 0.2) is 24.3 Å². The summed E-state index contributed by atoms with van der Waals surface area (Å²) in [6, 6.07) is 6.94. The Kier molecular flexibility index (Phi) is 5.21. The zero-order chi connectivity index (χ0) is 19.7. The molecule has 1 saturated heterocycles. The van der Waals surface area contributed by atoms with Gasteiger partial charge in [0.1, 0.15) is 0 Å². The Labute approximate surface area is 164 Å². The van der Waals surface area contributed by atoms with E-state index in [1.165, 1.54) is 0 Å². The van der Waals surface area contributed by atoms with Gasteiger partial charge in [0, 0.05) is 18.7 Å². The number of hydrogen-bond acceptors (Lipinski definition) is 5. The first kappa shape index (κ1) is 19.1. The van der Waals surface area contributed by atoms with Crippen LogP contribution in [0, 0.1) is 17.3 Å². The van der Waals surface area contributed by atoms with Gasteiger partial charge in [-0.2, -0.15) is 0 Å². The Morgan fingerprint density at radius 3 is 2.93 bits per heavy atom. The van der Waals surface area contributed by atoms with Gasteiger partial charge in [0.05, 0.1) is 42.3 Å². The van der Waals surface area contributed by atoms with Gasteiger partial charge in [-0.05, 0) is 31.4 Å². The Bertz CT molecular complexity index is 789. The summed E-state index contributed by atoms with van der Waals surface area (Å²) in [7, 11) is 0. The quantitative estimate of drug-likeness (QED) is 0.727. The van der Waals surface area contributed by atoms with E-state index in [1.807, 2.05) is 0 Å². The van der Waals surface area contributed by atoms with Crippen molar-refractivity contribution in [3.8, 4) is 0 Å². The molecule has 7 heteroatoms. The molecule has 0 unspecified atom stereocenters. The Balaban J connectivity index is 1.31. The molecule has 0 radical (unpaired) electrons. The zero-order valence-electron chi connectivity index (χ0n) is 16.0. The average molecular weight is 386 g/mol. The molecule has 1 saturated carbocycles. The summed E-state index contributed by atoms with van der Waals surface area (Å²) in [6.07, 6.45) is 3.41. The van der Waals surface area contributed by atoms with Crippen LogP contribution in [0.2, 0.25) is 0 Å².